The molecule has 7 nitrogen and oxygen atoms in total. The van der Waals surface area contributed by atoms with E-state index in [4.69, 9.17) is 13.9 Å². The quantitative estimate of drug-likeness (QED) is 0.501. The van der Waals surface area contributed by atoms with Gasteiger partial charge in [-0.15, -0.1) is 0 Å². The summed E-state index contributed by atoms with van der Waals surface area (Å²) in [4.78, 5) is 28.7. The summed E-state index contributed by atoms with van der Waals surface area (Å²) >= 11 is 3.35. The molecule has 1 atom stereocenters. The van der Waals surface area contributed by atoms with E-state index in [9.17, 15) is 14.7 Å². The minimum atomic E-state index is -0.679. The van der Waals surface area contributed by atoms with E-state index in [2.05, 4.69) is 15.9 Å². The third-order valence-electron chi connectivity index (χ3n) is 5.73. The molecule has 0 saturated carbocycles. The molecule has 1 aliphatic rings. The number of carbonyl (C=O) groups is 1. The first-order valence-electron chi connectivity index (χ1n) is 10.2. The summed E-state index contributed by atoms with van der Waals surface area (Å²) in [5.41, 5.74) is 2.86. The highest BCUT2D eigenvalue weighted by Crippen LogP contribution is 2.43. The fraction of sp³-hybridized carbons (Fsp3) is 0.333. The monoisotopic (exact) mass is 501 g/mol. The van der Waals surface area contributed by atoms with Crippen molar-refractivity contribution >= 4 is 32.8 Å². The van der Waals surface area contributed by atoms with Crippen molar-refractivity contribution in [1.29, 1.82) is 0 Å². The number of ether oxygens (including phenoxy) is 2. The molecule has 0 radical (unpaired) electrons. The average Bonchev–Trinajstić information content (AvgIpc) is 3.03. The molecule has 1 N–H and O–H groups in total. The molecule has 1 aliphatic heterocycles. The van der Waals surface area contributed by atoms with Crippen LogP contribution in [-0.4, -0.2) is 43.3 Å². The predicted molar refractivity (Wildman–Crippen MR) is 124 cm³/mol. The number of phenols is 1. The van der Waals surface area contributed by atoms with E-state index >= 15 is 0 Å². The molecule has 8 heteroatoms. The van der Waals surface area contributed by atoms with Gasteiger partial charge in [-0.3, -0.25) is 9.59 Å². The van der Waals surface area contributed by atoms with Gasteiger partial charge in [0, 0.05) is 20.3 Å². The molecule has 1 amide bonds. The van der Waals surface area contributed by atoms with Gasteiger partial charge in [-0.05, 0) is 71.1 Å². The number of amides is 1. The normalized spacial score (nSPS) is 15.5. The van der Waals surface area contributed by atoms with Crippen LogP contribution in [0.25, 0.3) is 11.0 Å². The van der Waals surface area contributed by atoms with Gasteiger partial charge in [0.1, 0.15) is 5.58 Å². The summed E-state index contributed by atoms with van der Waals surface area (Å²) in [5, 5.41) is 10.7. The second-order valence-corrected chi connectivity index (χ2v) is 8.79. The standard InChI is InChI=1S/C24H24BrNO6/c1-12-8-13(2)22-15(9-12)20(27)18-19(14-10-16(25)21(28)17(11-14)31-4)26(6-5-7-30-3)24(29)23(18)32-22/h8-11,19,28H,5-7H2,1-4H3/t19-/m0/s1. The number of nitrogens with zero attached hydrogens (tertiary/aromatic N) is 1. The number of fused-ring (bicyclic) bond motifs is 2. The molecule has 32 heavy (non-hydrogen) atoms. The topological polar surface area (TPSA) is 89.2 Å². The van der Waals surface area contributed by atoms with Crippen molar-refractivity contribution in [3.8, 4) is 11.5 Å². The van der Waals surface area contributed by atoms with E-state index in [1.807, 2.05) is 19.9 Å². The van der Waals surface area contributed by atoms with Crippen LogP contribution in [0.3, 0.4) is 0 Å². The van der Waals surface area contributed by atoms with Gasteiger partial charge in [0.25, 0.3) is 5.91 Å². The molecule has 0 saturated heterocycles. The summed E-state index contributed by atoms with van der Waals surface area (Å²) in [6.45, 7) is 4.62. The number of aryl methyl sites for hydroxylation is 2. The molecule has 0 spiro atoms. The SMILES string of the molecule is COCCCN1C(=O)c2oc3c(C)cc(C)cc3c(=O)c2[C@@H]1c1cc(Br)c(O)c(OC)c1. The van der Waals surface area contributed by atoms with Gasteiger partial charge in [0.2, 0.25) is 5.76 Å². The third-order valence-corrected chi connectivity index (χ3v) is 6.34. The first kappa shape index (κ1) is 22.4. The van der Waals surface area contributed by atoms with Crippen molar-refractivity contribution in [3.05, 3.63) is 67.0 Å². The zero-order valence-electron chi connectivity index (χ0n) is 18.3. The van der Waals surface area contributed by atoms with E-state index in [-0.39, 0.29) is 28.6 Å². The number of halogens is 1. The van der Waals surface area contributed by atoms with E-state index < -0.39 is 6.04 Å². The van der Waals surface area contributed by atoms with Crippen molar-refractivity contribution in [1.82, 2.24) is 4.90 Å². The van der Waals surface area contributed by atoms with Crippen molar-refractivity contribution < 1.29 is 23.8 Å². The molecule has 1 aromatic heterocycles. The Morgan fingerprint density at radius 2 is 1.91 bits per heavy atom. The van der Waals surface area contributed by atoms with Gasteiger partial charge in [0.05, 0.1) is 28.6 Å². The lowest BCUT2D eigenvalue weighted by molar-refractivity contribution is 0.0707. The number of benzene rings is 2. The van der Waals surface area contributed by atoms with Crippen LogP contribution in [0.1, 0.15) is 45.3 Å². The lowest BCUT2D eigenvalue weighted by Crippen LogP contribution is -2.31. The lowest BCUT2D eigenvalue weighted by atomic mass is 9.97. The Labute approximate surface area is 193 Å². The van der Waals surface area contributed by atoms with Crippen molar-refractivity contribution in [2.24, 2.45) is 0 Å². The number of hydrogen-bond donors (Lipinski definition) is 1. The largest absolute Gasteiger partial charge is 0.503 e. The second-order valence-electron chi connectivity index (χ2n) is 7.93. The maximum Gasteiger partial charge on any atom is 0.290 e. The molecular formula is C24H24BrNO6. The Hall–Kier alpha value is -2.84. The number of hydrogen-bond acceptors (Lipinski definition) is 6. The highest BCUT2D eigenvalue weighted by atomic mass is 79.9. The van der Waals surface area contributed by atoms with Gasteiger partial charge < -0.3 is 23.9 Å². The zero-order valence-corrected chi connectivity index (χ0v) is 19.9. The van der Waals surface area contributed by atoms with E-state index in [0.29, 0.717) is 46.1 Å². The molecule has 168 valence electrons. The van der Waals surface area contributed by atoms with E-state index in [1.165, 1.54) is 7.11 Å². The average molecular weight is 502 g/mol. The van der Waals surface area contributed by atoms with Crippen LogP contribution in [0.4, 0.5) is 0 Å². The Morgan fingerprint density at radius 3 is 2.59 bits per heavy atom. The Bertz CT molecular complexity index is 1280. The highest BCUT2D eigenvalue weighted by Gasteiger charge is 2.43. The summed E-state index contributed by atoms with van der Waals surface area (Å²) < 4.78 is 16.9. The van der Waals surface area contributed by atoms with Gasteiger partial charge in [-0.2, -0.15) is 0 Å². The molecule has 2 aromatic carbocycles. The fourth-order valence-corrected chi connectivity index (χ4v) is 4.80. The Morgan fingerprint density at radius 1 is 1.16 bits per heavy atom. The molecular weight excluding hydrogens is 478 g/mol. The number of rotatable bonds is 6. The Balaban J connectivity index is 1.99. The van der Waals surface area contributed by atoms with Gasteiger partial charge in [0.15, 0.2) is 16.9 Å². The van der Waals surface area contributed by atoms with Crippen LogP contribution in [-0.2, 0) is 4.74 Å². The fourth-order valence-electron chi connectivity index (χ4n) is 4.34. The zero-order chi connectivity index (χ0) is 23.2. The number of aromatic hydroxyl groups is 1. The predicted octanol–water partition coefficient (Wildman–Crippen LogP) is 4.47. The Kier molecular flexibility index (Phi) is 6.01. The molecule has 0 fully saturated rings. The first-order valence-corrected chi connectivity index (χ1v) is 11.0. The molecule has 0 bridgehead atoms. The summed E-state index contributed by atoms with van der Waals surface area (Å²) in [7, 11) is 3.05. The summed E-state index contributed by atoms with van der Waals surface area (Å²) in [5.74, 6) is -0.101. The lowest BCUT2D eigenvalue weighted by Gasteiger charge is -2.25. The van der Waals surface area contributed by atoms with Crippen LogP contribution in [0.15, 0.2) is 37.9 Å². The number of methoxy groups -OCH3 is 2. The maximum absolute atomic E-state index is 13.7. The van der Waals surface area contributed by atoms with Gasteiger partial charge in [-0.1, -0.05) is 6.07 Å². The van der Waals surface area contributed by atoms with Gasteiger partial charge in [-0.25, -0.2) is 0 Å². The molecule has 4 rings (SSSR count). The number of phenolic OH excluding ortho intramolecular Hbond substituents is 1. The van der Waals surface area contributed by atoms with Crippen LogP contribution in [0, 0.1) is 13.8 Å². The van der Waals surface area contributed by atoms with Gasteiger partial charge >= 0.3 is 0 Å². The van der Waals surface area contributed by atoms with E-state index in [1.54, 1.807) is 30.2 Å². The summed E-state index contributed by atoms with van der Waals surface area (Å²) in [6.07, 6.45) is 0.592. The van der Waals surface area contributed by atoms with Crippen LogP contribution in [0.5, 0.6) is 11.5 Å². The number of carbonyl (C=O) groups excluding carboxylic acids is 1. The molecule has 3 aromatic rings. The smallest absolute Gasteiger partial charge is 0.290 e. The maximum atomic E-state index is 13.7. The molecule has 0 unspecified atom stereocenters. The molecule has 2 heterocycles. The van der Waals surface area contributed by atoms with Crippen molar-refractivity contribution in [2.45, 2.75) is 26.3 Å². The van der Waals surface area contributed by atoms with Crippen LogP contribution >= 0.6 is 15.9 Å². The highest BCUT2D eigenvalue weighted by molar-refractivity contribution is 9.10. The molecule has 0 aliphatic carbocycles. The second kappa shape index (κ2) is 8.60. The minimum Gasteiger partial charge on any atom is -0.503 e. The van der Waals surface area contributed by atoms with E-state index in [0.717, 1.165) is 11.1 Å². The minimum absolute atomic E-state index is 0.0523. The van der Waals surface area contributed by atoms with Crippen molar-refractivity contribution in [2.75, 3.05) is 27.4 Å². The first-order chi connectivity index (χ1) is 15.3. The third kappa shape index (κ3) is 3.57. The summed E-state index contributed by atoms with van der Waals surface area (Å²) in [6, 6.07) is 6.37. The van der Waals surface area contributed by atoms with Crippen LogP contribution < -0.4 is 10.2 Å². The van der Waals surface area contributed by atoms with Crippen molar-refractivity contribution in [3.63, 3.8) is 0 Å². The van der Waals surface area contributed by atoms with Crippen LogP contribution in [0.2, 0.25) is 0 Å².